The standard InChI is InChI=1S/C13H22N2O3/c1-8-5-10(8)7-15-13(18)14-6-9-3-2-4-11(9)12(16)17/h8-11H,2-7H2,1H3,(H,16,17)(H2,14,15,18). The monoisotopic (exact) mass is 254 g/mol. The van der Waals surface area contributed by atoms with Gasteiger partial charge in [-0.1, -0.05) is 13.3 Å². The van der Waals surface area contributed by atoms with E-state index in [1.165, 1.54) is 6.42 Å². The molecule has 5 heteroatoms. The van der Waals surface area contributed by atoms with Crippen molar-refractivity contribution in [2.24, 2.45) is 23.7 Å². The van der Waals surface area contributed by atoms with Crippen molar-refractivity contribution in [1.82, 2.24) is 10.6 Å². The summed E-state index contributed by atoms with van der Waals surface area (Å²) in [7, 11) is 0. The zero-order valence-electron chi connectivity index (χ0n) is 10.8. The van der Waals surface area contributed by atoms with Gasteiger partial charge in [-0.05, 0) is 37.0 Å². The Morgan fingerprint density at radius 3 is 2.33 bits per heavy atom. The van der Waals surface area contributed by atoms with E-state index in [1.807, 2.05) is 0 Å². The molecule has 0 spiro atoms. The molecule has 3 N–H and O–H groups in total. The highest BCUT2D eigenvalue weighted by atomic mass is 16.4. The number of amides is 2. The second kappa shape index (κ2) is 5.59. The molecule has 5 nitrogen and oxygen atoms in total. The van der Waals surface area contributed by atoms with Gasteiger partial charge in [-0.15, -0.1) is 0 Å². The molecule has 2 amide bonds. The largest absolute Gasteiger partial charge is 0.481 e. The fraction of sp³-hybridized carbons (Fsp3) is 0.846. The Balaban J connectivity index is 1.64. The molecule has 2 aliphatic rings. The molecule has 0 bridgehead atoms. The summed E-state index contributed by atoms with van der Waals surface area (Å²) in [6.07, 6.45) is 3.79. The van der Waals surface area contributed by atoms with E-state index in [4.69, 9.17) is 5.11 Å². The number of rotatable bonds is 5. The lowest BCUT2D eigenvalue weighted by Crippen LogP contribution is -2.40. The van der Waals surface area contributed by atoms with Crippen molar-refractivity contribution in [3.8, 4) is 0 Å². The minimum atomic E-state index is -0.730. The van der Waals surface area contributed by atoms with Crippen molar-refractivity contribution < 1.29 is 14.7 Å². The van der Waals surface area contributed by atoms with Gasteiger partial charge in [0.2, 0.25) is 0 Å². The summed E-state index contributed by atoms with van der Waals surface area (Å²) in [5, 5.41) is 14.7. The molecule has 102 valence electrons. The Hall–Kier alpha value is -1.26. The third-order valence-corrected chi connectivity index (χ3v) is 4.30. The molecule has 0 aliphatic heterocycles. The van der Waals surface area contributed by atoms with Crippen LogP contribution < -0.4 is 10.6 Å². The summed E-state index contributed by atoms with van der Waals surface area (Å²) < 4.78 is 0. The van der Waals surface area contributed by atoms with Crippen molar-refractivity contribution >= 4 is 12.0 Å². The van der Waals surface area contributed by atoms with Crippen LogP contribution in [0.1, 0.15) is 32.6 Å². The minimum absolute atomic E-state index is 0.0908. The van der Waals surface area contributed by atoms with Gasteiger partial charge in [0.05, 0.1) is 5.92 Å². The second-order valence-corrected chi connectivity index (χ2v) is 5.70. The van der Waals surface area contributed by atoms with Crippen LogP contribution in [0.4, 0.5) is 4.79 Å². The van der Waals surface area contributed by atoms with Crippen molar-refractivity contribution in [2.45, 2.75) is 32.6 Å². The number of nitrogens with one attached hydrogen (secondary N) is 2. The van der Waals surface area contributed by atoms with Crippen molar-refractivity contribution in [3.63, 3.8) is 0 Å². The highest BCUT2D eigenvalue weighted by molar-refractivity contribution is 5.74. The van der Waals surface area contributed by atoms with E-state index in [1.54, 1.807) is 0 Å². The van der Waals surface area contributed by atoms with E-state index in [0.717, 1.165) is 31.7 Å². The number of urea groups is 1. The second-order valence-electron chi connectivity index (χ2n) is 5.70. The van der Waals surface area contributed by atoms with Gasteiger partial charge in [0.25, 0.3) is 0 Å². The molecule has 2 saturated carbocycles. The molecule has 4 atom stereocenters. The van der Waals surface area contributed by atoms with E-state index >= 15 is 0 Å². The predicted octanol–water partition coefficient (Wildman–Crippen LogP) is 1.44. The third kappa shape index (κ3) is 3.37. The summed E-state index contributed by atoms with van der Waals surface area (Å²) in [6, 6.07) is -0.162. The molecular weight excluding hydrogens is 232 g/mol. The van der Waals surface area contributed by atoms with Gasteiger partial charge >= 0.3 is 12.0 Å². The minimum Gasteiger partial charge on any atom is -0.481 e. The van der Waals surface area contributed by atoms with Crippen LogP contribution in [0.25, 0.3) is 0 Å². The van der Waals surface area contributed by atoms with Gasteiger partial charge in [-0.3, -0.25) is 4.79 Å². The number of carboxylic acid groups (broad SMARTS) is 1. The van der Waals surface area contributed by atoms with Gasteiger partial charge < -0.3 is 15.7 Å². The number of hydrogen-bond acceptors (Lipinski definition) is 2. The van der Waals surface area contributed by atoms with Crippen molar-refractivity contribution in [3.05, 3.63) is 0 Å². The van der Waals surface area contributed by atoms with E-state index in [-0.39, 0.29) is 17.9 Å². The van der Waals surface area contributed by atoms with Crippen LogP contribution >= 0.6 is 0 Å². The Kier molecular flexibility index (Phi) is 4.09. The molecule has 0 heterocycles. The number of carbonyl (C=O) groups is 2. The van der Waals surface area contributed by atoms with E-state index in [2.05, 4.69) is 17.6 Å². The fourth-order valence-corrected chi connectivity index (χ4v) is 2.80. The smallest absolute Gasteiger partial charge is 0.314 e. The summed E-state index contributed by atoms with van der Waals surface area (Å²) in [6.45, 7) is 3.39. The number of hydrogen-bond donors (Lipinski definition) is 3. The van der Waals surface area contributed by atoms with Crippen LogP contribution in [0.3, 0.4) is 0 Å². The lowest BCUT2D eigenvalue weighted by Gasteiger charge is -2.16. The lowest BCUT2D eigenvalue weighted by atomic mass is 9.96. The Morgan fingerprint density at radius 2 is 1.78 bits per heavy atom. The number of carbonyl (C=O) groups excluding carboxylic acids is 1. The van der Waals surface area contributed by atoms with E-state index in [9.17, 15) is 9.59 Å². The van der Waals surface area contributed by atoms with Crippen LogP contribution in [-0.4, -0.2) is 30.2 Å². The van der Waals surface area contributed by atoms with Crippen LogP contribution in [0.5, 0.6) is 0 Å². The molecule has 0 aromatic carbocycles. The average Bonchev–Trinajstić information content (AvgIpc) is 2.85. The maximum Gasteiger partial charge on any atom is 0.314 e. The summed E-state index contributed by atoms with van der Waals surface area (Å²) in [5.41, 5.74) is 0. The molecule has 0 aromatic rings. The Labute approximate surface area is 107 Å². The van der Waals surface area contributed by atoms with Gasteiger partial charge in [-0.2, -0.15) is 0 Å². The summed E-state index contributed by atoms with van der Waals surface area (Å²) >= 11 is 0. The highest BCUT2D eigenvalue weighted by Gasteiger charge is 2.34. The summed E-state index contributed by atoms with van der Waals surface area (Å²) in [5.74, 6) is 0.443. The molecule has 2 rings (SSSR count). The van der Waals surface area contributed by atoms with E-state index in [0.29, 0.717) is 12.5 Å². The number of aliphatic carboxylic acids is 1. The zero-order chi connectivity index (χ0) is 13.1. The quantitative estimate of drug-likeness (QED) is 0.694. The van der Waals surface area contributed by atoms with Crippen molar-refractivity contribution in [1.29, 1.82) is 0 Å². The van der Waals surface area contributed by atoms with Gasteiger partial charge in [-0.25, -0.2) is 4.79 Å². The maximum absolute atomic E-state index is 11.5. The van der Waals surface area contributed by atoms with Crippen molar-refractivity contribution in [2.75, 3.05) is 13.1 Å². The molecule has 18 heavy (non-hydrogen) atoms. The highest BCUT2D eigenvalue weighted by Crippen LogP contribution is 2.36. The molecule has 2 fully saturated rings. The lowest BCUT2D eigenvalue weighted by molar-refractivity contribution is -0.142. The van der Waals surface area contributed by atoms with Crippen LogP contribution in [0.15, 0.2) is 0 Å². The first-order valence-electron chi connectivity index (χ1n) is 6.82. The first-order valence-corrected chi connectivity index (χ1v) is 6.82. The number of carboxylic acids is 1. The fourth-order valence-electron chi connectivity index (χ4n) is 2.80. The van der Waals surface area contributed by atoms with Gasteiger partial charge in [0.15, 0.2) is 0 Å². The SMILES string of the molecule is CC1CC1CNC(=O)NCC1CCCC1C(=O)O. The first-order chi connectivity index (χ1) is 8.58. The summed E-state index contributed by atoms with van der Waals surface area (Å²) in [4.78, 5) is 22.5. The molecule has 0 aromatic heterocycles. The third-order valence-electron chi connectivity index (χ3n) is 4.30. The van der Waals surface area contributed by atoms with Gasteiger partial charge in [0, 0.05) is 13.1 Å². The van der Waals surface area contributed by atoms with Gasteiger partial charge in [0.1, 0.15) is 0 Å². The molecule has 0 radical (unpaired) electrons. The Bertz CT molecular complexity index is 332. The molecule has 0 saturated heterocycles. The Morgan fingerprint density at radius 1 is 1.17 bits per heavy atom. The molecular formula is C13H22N2O3. The molecule has 4 unspecified atom stereocenters. The van der Waals surface area contributed by atoms with Crippen LogP contribution in [0.2, 0.25) is 0 Å². The van der Waals surface area contributed by atoms with E-state index < -0.39 is 5.97 Å². The van der Waals surface area contributed by atoms with Crippen LogP contribution in [-0.2, 0) is 4.79 Å². The maximum atomic E-state index is 11.5. The van der Waals surface area contributed by atoms with Crippen LogP contribution in [0, 0.1) is 23.7 Å². The average molecular weight is 254 g/mol. The topological polar surface area (TPSA) is 78.4 Å². The molecule has 2 aliphatic carbocycles. The zero-order valence-corrected chi connectivity index (χ0v) is 10.8. The predicted molar refractivity (Wildman–Crippen MR) is 67.1 cm³/mol. The normalized spacial score (nSPS) is 34.1. The first kappa shape index (κ1) is 13.2.